The molecule has 2 aromatic rings. The molecule has 90 valence electrons. The number of rotatable bonds is 2. The fraction of sp³-hybridized carbons (Fsp3) is 0.500. The van der Waals surface area contributed by atoms with Crippen molar-refractivity contribution in [1.29, 1.82) is 0 Å². The molecule has 0 aromatic carbocycles. The van der Waals surface area contributed by atoms with Gasteiger partial charge in [-0.05, 0) is 31.7 Å². The Morgan fingerprint density at radius 3 is 2.88 bits per heavy atom. The molecular formula is C12H16N4O. The topological polar surface area (TPSA) is 62.5 Å². The Morgan fingerprint density at radius 1 is 1.24 bits per heavy atom. The second kappa shape index (κ2) is 4.33. The van der Waals surface area contributed by atoms with Crippen LogP contribution in [0.5, 0.6) is 0 Å². The summed E-state index contributed by atoms with van der Waals surface area (Å²) in [4.78, 5) is 4.36. The highest BCUT2D eigenvalue weighted by atomic mass is 16.3. The summed E-state index contributed by atoms with van der Waals surface area (Å²) in [5.74, 6) is 0.881. The monoisotopic (exact) mass is 232 g/mol. The molecule has 0 unspecified atom stereocenters. The Kier molecular flexibility index (Phi) is 2.68. The highest BCUT2D eigenvalue weighted by molar-refractivity contribution is 5.67. The number of aromatic nitrogens is 3. The normalized spacial score (nSPS) is 25.0. The minimum absolute atomic E-state index is 0.119. The Labute approximate surface area is 99.5 Å². The average molecular weight is 232 g/mol. The molecule has 2 aromatic heterocycles. The van der Waals surface area contributed by atoms with Crippen molar-refractivity contribution in [3.63, 3.8) is 0 Å². The van der Waals surface area contributed by atoms with Gasteiger partial charge in [-0.25, -0.2) is 9.50 Å². The van der Waals surface area contributed by atoms with Crippen molar-refractivity contribution in [3.05, 3.63) is 24.7 Å². The van der Waals surface area contributed by atoms with Gasteiger partial charge in [0.05, 0.1) is 12.3 Å². The number of anilines is 1. The number of aliphatic hydroxyl groups is 1. The Morgan fingerprint density at radius 2 is 2.06 bits per heavy atom. The quantitative estimate of drug-likeness (QED) is 0.822. The van der Waals surface area contributed by atoms with Crippen molar-refractivity contribution >= 4 is 11.3 Å². The van der Waals surface area contributed by atoms with E-state index in [2.05, 4.69) is 15.4 Å². The molecule has 0 saturated heterocycles. The van der Waals surface area contributed by atoms with E-state index in [0.29, 0.717) is 6.04 Å². The molecule has 1 aliphatic carbocycles. The fourth-order valence-electron chi connectivity index (χ4n) is 2.38. The third kappa shape index (κ3) is 2.10. The maximum Gasteiger partial charge on any atom is 0.152 e. The smallest absolute Gasteiger partial charge is 0.152 e. The lowest BCUT2D eigenvalue weighted by Crippen LogP contribution is -2.28. The molecule has 1 saturated carbocycles. The largest absolute Gasteiger partial charge is 0.393 e. The summed E-state index contributed by atoms with van der Waals surface area (Å²) in [5.41, 5.74) is 0.999. The third-order valence-corrected chi connectivity index (χ3v) is 3.36. The first-order chi connectivity index (χ1) is 8.33. The van der Waals surface area contributed by atoms with Crippen LogP contribution in [-0.4, -0.2) is 31.9 Å². The molecule has 0 spiro atoms. The van der Waals surface area contributed by atoms with Gasteiger partial charge in [-0.15, -0.1) is 0 Å². The van der Waals surface area contributed by atoms with Gasteiger partial charge in [-0.2, -0.15) is 5.10 Å². The van der Waals surface area contributed by atoms with Crippen LogP contribution in [0.2, 0.25) is 0 Å². The second-order valence-corrected chi connectivity index (χ2v) is 4.59. The second-order valence-electron chi connectivity index (χ2n) is 4.59. The van der Waals surface area contributed by atoms with Crippen LogP contribution in [0, 0.1) is 0 Å². The van der Waals surface area contributed by atoms with Gasteiger partial charge in [-0.1, -0.05) is 0 Å². The summed E-state index contributed by atoms with van der Waals surface area (Å²) in [5, 5.41) is 17.1. The van der Waals surface area contributed by atoms with E-state index >= 15 is 0 Å². The molecule has 0 radical (unpaired) electrons. The number of nitrogens with zero attached hydrogens (tertiary/aromatic N) is 3. The van der Waals surface area contributed by atoms with E-state index in [1.54, 1.807) is 12.4 Å². The van der Waals surface area contributed by atoms with Crippen LogP contribution >= 0.6 is 0 Å². The molecule has 1 aliphatic rings. The van der Waals surface area contributed by atoms with Crippen molar-refractivity contribution in [3.8, 4) is 0 Å². The first-order valence-electron chi connectivity index (χ1n) is 6.06. The molecule has 0 bridgehead atoms. The molecule has 1 fully saturated rings. The number of hydrogen-bond acceptors (Lipinski definition) is 4. The zero-order valence-corrected chi connectivity index (χ0v) is 9.58. The molecule has 5 nitrogen and oxygen atoms in total. The van der Waals surface area contributed by atoms with Gasteiger partial charge in [0.2, 0.25) is 0 Å². The van der Waals surface area contributed by atoms with E-state index in [0.717, 1.165) is 37.0 Å². The van der Waals surface area contributed by atoms with Crippen molar-refractivity contribution in [2.45, 2.75) is 37.8 Å². The summed E-state index contributed by atoms with van der Waals surface area (Å²) in [6, 6.07) is 2.36. The summed E-state index contributed by atoms with van der Waals surface area (Å²) < 4.78 is 1.81. The Bertz CT molecular complexity index is 502. The lowest BCUT2D eigenvalue weighted by atomic mass is 9.93. The molecular weight excluding hydrogens is 216 g/mol. The predicted octanol–water partition coefficient (Wildman–Crippen LogP) is 1.44. The van der Waals surface area contributed by atoms with Crippen LogP contribution in [0.4, 0.5) is 5.82 Å². The van der Waals surface area contributed by atoms with Crippen LogP contribution in [0.25, 0.3) is 5.52 Å². The standard InChI is InChI=1S/C12H16N4O/c17-10-3-1-9(2-4-10)15-12-11-5-6-14-16(11)8-7-13-12/h5-10,17H,1-4H2,(H,13,15). The van der Waals surface area contributed by atoms with Gasteiger partial charge >= 0.3 is 0 Å². The van der Waals surface area contributed by atoms with Gasteiger partial charge in [0.1, 0.15) is 5.52 Å². The third-order valence-electron chi connectivity index (χ3n) is 3.36. The minimum atomic E-state index is -0.119. The van der Waals surface area contributed by atoms with E-state index in [9.17, 15) is 5.11 Å². The molecule has 17 heavy (non-hydrogen) atoms. The summed E-state index contributed by atoms with van der Waals surface area (Å²) in [6.45, 7) is 0. The molecule has 5 heteroatoms. The van der Waals surface area contributed by atoms with Gasteiger partial charge in [0, 0.05) is 18.4 Å². The van der Waals surface area contributed by atoms with E-state index in [1.807, 2.05) is 16.8 Å². The van der Waals surface area contributed by atoms with E-state index in [4.69, 9.17) is 0 Å². The SMILES string of the molecule is OC1CCC(Nc2nccn3nccc23)CC1. The highest BCUT2D eigenvalue weighted by Gasteiger charge is 2.20. The van der Waals surface area contributed by atoms with E-state index in [-0.39, 0.29) is 6.10 Å². The van der Waals surface area contributed by atoms with Crippen molar-refractivity contribution in [2.75, 3.05) is 5.32 Å². The molecule has 2 N–H and O–H groups in total. The van der Waals surface area contributed by atoms with Crippen LogP contribution < -0.4 is 5.32 Å². The maximum atomic E-state index is 9.47. The van der Waals surface area contributed by atoms with Crippen LogP contribution in [0.1, 0.15) is 25.7 Å². The number of nitrogens with one attached hydrogen (secondary N) is 1. The van der Waals surface area contributed by atoms with Crippen molar-refractivity contribution in [1.82, 2.24) is 14.6 Å². The van der Waals surface area contributed by atoms with E-state index < -0.39 is 0 Å². The summed E-state index contributed by atoms with van der Waals surface area (Å²) >= 11 is 0. The number of aliphatic hydroxyl groups excluding tert-OH is 1. The van der Waals surface area contributed by atoms with Gasteiger partial charge in [0.25, 0.3) is 0 Å². The minimum Gasteiger partial charge on any atom is -0.393 e. The van der Waals surface area contributed by atoms with Crippen LogP contribution in [0.3, 0.4) is 0 Å². The van der Waals surface area contributed by atoms with E-state index in [1.165, 1.54) is 0 Å². The van der Waals surface area contributed by atoms with Crippen molar-refractivity contribution < 1.29 is 5.11 Å². The van der Waals surface area contributed by atoms with Crippen LogP contribution in [0.15, 0.2) is 24.7 Å². The first-order valence-corrected chi connectivity index (χ1v) is 6.06. The summed E-state index contributed by atoms with van der Waals surface area (Å²) in [7, 11) is 0. The summed E-state index contributed by atoms with van der Waals surface area (Å²) in [6.07, 6.45) is 8.99. The highest BCUT2D eigenvalue weighted by Crippen LogP contribution is 2.23. The molecule has 0 atom stereocenters. The predicted molar refractivity (Wildman–Crippen MR) is 64.9 cm³/mol. The molecule has 3 rings (SSSR count). The van der Waals surface area contributed by atoms with Gasteiger partial charge in [0.15, 0.2) is 5.82 Å². The average Bonchev–Trinajstić information content (AvgIpc) is 2.81. The lowest BCUT2D eigenvalue weighted by molar-refractivity contribution is 0.126. The molecule has 0 amide bonds. The zero-order valence-electron chi connectivity index (χ0n) is 9.58. The Balaban J connectivity index is 1.78. The molecule has 0 aliphatic heterocycles. The number of hydrogen-bond donors (Lipinski definition) is 2. The number of fused-ring (bicyclic) bond motifs is 1. The van der Waals surface area contributed by atoms with Gasteiger partial charge in [-0.3, -0.25) is 0 Å². The van der Waals surface area contributed by atoms with Crippen LogP contribution in [-0.2, 0) is 0 Å². The molecule has 2 heterocycles. The van der Waals surface area contributed by atoms with Crippen molar-refractivity contribution in [2.24, 2.45) is 0 Å². The fourth-order valence-corrected chi connectivity index (χ4v) is 2.38. The lowest BCUT2D eigenvalue weighted by Gasteiger charge is -2.26. The zero-order chi connectivity index (χ0) is 11.7. The maximum absolute atomic E-state index is 9.47. The first kappa shape index (κ1) is 10.5. The van der Waals surface area contributed by atoms with Gasteiger partial charge < -0.3 is 10.4 Å². The Hall–Kier alpha value is -1.62.